The Morgan fingerprint density at radius 2 is 1.79 bits per heavy atom. The molecule has 4 heterocycles. The number of nitrogen functional groups attached to an aromatic ring is 1. The van der Waals surface area contributed by atoms with Crippen LogP contribution in [-0.4, -0.2) is 39.9 Å². The summed E-state index contributed by atoms with van der Waals surface area (Å²) in [5, 5.41) is 3.21. The van der Waals surface area contributed by atoms with Gasteiger partial charge in [-0.15, -0.1) is 0 Å². The summed E-state index contributed by atoms with van der Waals surface area (Å²) in [5.74, 6) is 1.81. The molecule has 0 fully saturated rings. The predicted octanol–water partition coefficient (Wildman–Crippen LogP) is 4.37. The quantitative estimate of drug-likeness (QED) is 0.574. The number of nitrogens with two attached hydrogens (primary N) is 1. The Morgan fingerprint density at radius 3 is 2.52 bits per heavy atom. The van der Waals surface area contributed by atoms with Gasteiger partial charge in [-0.1, -0.05) is 20.8 Å². The molecule has 0 amide bonds. The second kappa shape index (κ2) is 8.85. The van der Waals surface area contributed by atoms with E-state index in [9.17, 15) is 0 Å². The van der Waals surface area contributed by atoms with Gasteiger partial charge in [-0.2, -0.15) is 0 Å². The van der Waals surface area contributed by atoms with Crippen molar-refractivity contribution in [2.45, 2.75) is 27.2 Å². The van der Waals surface area contributed by atoms with Crippen LogP contribution < -0.4 is 20.5 Å². The second-order valence-corrected chi connectivity index (χ2v) is 8.60. The van der Waals surface area contributed by atoms with Crippen LogP contribution in [0.15, 0.2) is 47.8 Å². The lowest BCUT2D eigenvalue weighted by Crippen LogP contribution is -2.18. The zero-order valence-corrected chi connectivity index (χ0v) is 19.4. The van der Waals surface area contributed by atoms with E-state index in [1.165, 1.54) is 0 Å². The van der Waals surface area contributed by atoms with Crippen LogP contribution in [0.25, 0.3) is 11.3 Å². The Morgan fingerprint density at radius 1 is 1.00 bits per heavy atom. The van der Waals surface area contributed by atoms with E-state index in [0.29, 0.717) is 29.8 Å². The standard InChI is InChI=1S/C24H27N7O2/c1-24(2,3)19-12-16(21(31-19)14-10-18(32-4)22(25)28-13-14)17-7-9-27-23(30-17)29-15-6-8-26-20(11-15)33-5/h6-11,13H,12H2,1-5H3,(H2,25,28)(H,26,27,29,30). The molecule has 1 aliphatic heterocycles. The monoisotopic (exact) mass is 445 g/mol. The van der Waals surface area contributed by atoms with E-state index in [0.717, 1.165) is 33.9 Å². The summed E-state index contributed by atoms with van der Waals surface area (Å²) in [7, 11) is 3.15. The van der Waals surface area contributed by atoms with E-state index >= 15 is 0 Å². The normalized spacial score (nSPS) is 13.7. The third-order valence-electron chi connectivity index (χ3n) is 5.28. The molecular weight excluding hydrogens is 418 g/mol. The smallest absolute Gasteiger partial charge is 0.227 e. The lowest BCUT2D eigenvalue weighted by atomic mass is 9.86. The minimum atomic E-state index is -0.0972. The minimum absolute atomic E-state index is 0.0972. The Hall–Kier alpha value is -4.01. The maximum absolute atomic E-state index is 5.92. The van der Waals surface area contributed by atoms with Crippen molar-refractivity contribution in [3.05, 3.63) is 54.1 Å². The molecule has 9 heteroatoms. The van der Waals surface area contributed by atoms with E-state index in [4.69, 9.17) is 25.2 Å². The first-order valence-electron chi connectivity index (χ1n) is 10.5. The SMILES string of the molecule is COc1cc(Nc2nccc(C3=C(c4cnc(N)c(OC)c4)N=C(C(C)(C)C)C3)n2)ccn1. The molecule has 1 aliphatic rings. The van der Waals surface area contributed by atoms with Crippen molar-refractivity contribution >= 4 is 34.4 Å². The molecule has 0 saturated heterocycles. The molecule has 0 aromatic carbocycles. The first kappa shape index (κ1) is 22.2. The van der Waals surface area contributed by atoms with Crippen LogP contribution in [0.4, 0.5) is 17.5 Å². The number of aromatic nitrogens is 4. The summed E-state index contributed by atoms with van der Waals surface area (Å²) in [5.41, 5.74) is 11.1. The first-order valence-corrected chi connectivity index (χ1v) is 10.5. The predicted molar refractivity (Wildman–Crippen MR) is 130 cm³/mol. The zero-order valence-electron chi connectivity index (χ0n) is 19.4. The van der Waals surface area contributed by atoms with Gasteiger partial charge >= 0.3 is 0 Å². The molecule has 0 aliphatic carbocycles. The van der Waals surface area contributed by atoms with Crippen LogP contribution in [-0.2, 0) is 0 Å². The van der Waals surface area contributed by atoms with Crippen molar-refractivity contribution in [3.63, 3.8) is 0 Å². The van der Waals surface area contributed by atoms with Gasteiger partial charge in [0.05, 0.1) is 25.6 Å². The van der Waals surface area contributed by atoms with Crippen LogP contribution in [0.1, 0.15) is 38.4 Å². The molecular formula is C24H27N7O2. The summed E-state index contributed by atoms with van der Waals surface area (Å²) in [6, 6.07) is 7.35. The molecule has 3 aromatic heterocycles. The molecule has 170 valence electrons. The lowest BCUT2D eigenvalue weighted by molar-refractivity contribution is 0.398. The Balaban J connectivity index is 1.75. The first-order chi connectivity index (χ1) is 15.8. The van der Waals surface area contributed by atoms with Gasteiger partial charge in [0.1, 0.15) is 0 Å². The number of aliphatic imine (C=N–C) groups is 1. The van der Waals surface area contributed by atoms with Crippen LogP contribution in [0.5, 0.6) is 11.6 Å². The Labute approximate surface area is 192 Å². The fourth-order valence-electron chi connectivity index (χ4n) is 3.44. The lowest BCUT2D eigenvalue weighted by Gasteiger charge is -2.18. The van der Waals surface area contributed by atoms with Gasteiger partial charge in [-0.05, 0) is 18.2 Å². The fraction of sp³-hybridized carbons (Fsp3) is 0.292. The molecule has 9 nitrogen and oxygen atoms in total. The molecule has 0 unspecified atom stereocenters. The molecule has 0 saturated carbocycles. The number of allylic oxidation sites excluding steroid dienone is 1. The molecule has 4 rings (SSSR count). The largest absolute Gasteiger partial charge is 0.493 e. The third-order valence-corrected chi connectivity index (χ3v) is 5.28. The number of methoxy groups -OCH3 is 2. The minimum Gasteiger partial charge on any atom is -0.493 e. The zero-order chi connectivity index (χ0) is 23.6. The van der Waals surface area contributed by atoms with Gasteiger partial charge in [0.2, 0.25) is 11.8 Å². The van der Waals surface area contributed by atoms with Gasteiger partial charge in [-0.3, -0.25) is 4.99 Å². The number of hydrogen-bond acceptors (Lipinski definition) is 9. The fourth-order valence-corrected chi connectivity index (χ4v) is 3.44. The number of anilines is 3. The van der Waals surface area contributed by atoms with Crippen molar-refractivity contribution in [1.82, 2.24) is 19.9 Å². The summed E-state index contributed by atoms with van der Waals surface area (Å²) in [6.07, 6.45) is 5.77. The molecule has 33 heavy (non-hydrogen) atoms. The van der Waals surface area contributed by atoms with Gasteiger partial charge in [0, 0.05) is 59.0 Å². The molecule has 3 aromatic rings. The van der Waals surface area contributed by atoms with Crippen molar-refractivity contribution in [3.8, 4) is 11.6 Å². The summed E-state index contributed by atoms with van der Waals surface area (Å²) in [6.45, 7) is 6.45. The van der Waals surface area contributed by atoms with E-state index in [-0.39, 0.29) is 5.41 Å². The third kappa shape index (κ3) is 4.77. The van der Waals surface area contributed by atoms with Gasteiger partial charge < -0.3 is 20.5 Å². The maximum atomic E-state index is 5.92. The number of rotatable bonds is 6. The van der Waals surface area contributed by atoms with Gasteiger partial charge in [0.15, 0.2) is 11.6 Å². The highest BCUT2D eigenvalue weighted by Crippen LogP contribution is 2.40. The van der Waals surface area contributed by atoms with Gasteiger partial charge in [0.25, 0.3) is 0 Å². The van der Waals surface area contributed by atoms with Crippen LogP contribution >= 0.6 is 0 Å². The highest BCUT2D eigenvalue weighted by atomic mass is 16.5. The number of ether oxygens (including phenoxy) is 2. The molecule has 3 N–H and O–H groups in total. The van der Waals surface area contributed by atoms with E-state index in [1.54, 1.807) is 38.9 Å². The van der Waals surface area contributed by atoms with E-state index in [2.05, 4.69) is 41.0 Å². The number of hydrogen-bond donors (Lipinski definition) is 2. The Bertz CT molecular complexity index is 1250. The van der Waals surface area contributed by atoms with E-state index in [1.807, 2.05) is 18.2 Å². The molecule has 0 bridgehead atoms. The maximum Gasteiger partial charge on any atom is 0.227 e. The summed E-state index contributed by atoms with van der Waals surface area (Å²) < 4.78 is 10.6. The van der Waals surface area contributed by atoms with Crippen molar-refractivity contribution < 1.29 is 9.47 Å². The molecule has 0 atom stereocenters. The van der Waals surface area contributed by atoms with Crippen LogP contribution in [0, 0.1) is 5.41 Å². The van der Waals surface area contributed by atoms with Crippen molar-refractivity contribution in [1.29, 1.82) is 0 Å². The number of nitrogens with one attached hydrogen (secondary N) is 1. The topological polar surface area (TPSA) is 120 Å². The Kier molecular flexibility index (Phi) is 5.95. The van der Waals surface area contributed by atoms with Crippen molar-refractivity contribution in [2.75, 3.05) is 25.3 Å². The molecule has 0 spiro atoms. The van der Waals surface area contributed by atoms with Gasteiger partial charge in [-0.25, -0.2) is 19.9 Å². The average molecular weight is 446 g/mol. The average Bonchev–Trinajstić information content (AvgIpc) is 3.26. The highest BCUT2D eigenvalue weighted by Gasteiger charge is 2.29. The second-order valence-electron chi connectivity index (χ2n) is 8.60. The van der Waals surface area contributed by atoms with Crippen LogP contribution in [0.2, 0.25) is 0 Å². The number of pyridine rings is 2. The summed E-state index contributed by atoms with van der Waals surface area (Å²) in [4.78, 5) is 22.5. The summed E-state index contributed by atoms with van der Waals surface area (Å²) >= 11 is 0. The molecule has 0 radical (unpaired) electrons. The van der Waals surface area contributed by atoms with Crippen LogP contribution in [0.3, 0.4) is 0 Å². The van der Waals surface area contributed by atoms with Crippen molar-refractivity contribution in [2.24, 2.45) is 10.4 Å². The highest BCUT2D eigenvalue weighted by molar-refractivity contribution is 6.11. The van der Waals surface area contributed by atoms with E-state index < -0.39 is 0 Å². The number of nitrogens with zero attached hydrogens (tertiary/aromatic N) is 5.